The number of amides is 1. The summed E-state index contributed by atoms with van der Waals surface area (Å²) in [5.74, 6) is 0.0667. The first kappa shape index (κ1) is 18.7. The summed E-state index contributed by atoms with van der Waals surface area (Å²) in [6.45, 7) is 11.3. The molecule has 0 saturated carbocycles. The standard InChI is InChI=1S/C20H28N4O2/c1-13-11-23(12-14(2)24(13)8-9-26-5)20(25)17-6-7-18-19(10-17)22-16(4)15(3)21-18/h6-7,10,13-14H,8-9,11-12H2,1-5H3. The van der Waals surface area contributed by atoms with E-state index in [0.29, 0.717) is 24.3 Å². The number of aryl methyl sites for hydroxylation is 2. The smallest absolute Gasteiger partial charge is 0.254 e. The molecule has 3 rings (SSSR count). The molecule has 1 amide bonds. The summed E-state index contributed by atoms with van der Waals surface area (Å²) in [6.07, 6.45) is 0. The number of rotatable bonds is 4. The molecule has 2 unspecified atom stereocenters. The number of benzene rings is 1. The van der Waals surface area contributed by atoms with Crippen molar-refractivity contribution >= 4 is 16.9 Å². The molecule has 0 N–H and O–H groups in total. The number of hydrogen-bond acceptors (Lipinski definition) is 5. The lowest BCUT2D eigenvalue weighted by molar-refractivity contribution is 0.0193. The zero-order valence-electron chi connectivity index (χ0n) is 16.3. The Morgan fingerprint density at radius 1 is 1.12 bits per heavy atom. The summed E-state index contributed by atoms with van der Waals surface area (Å²) < 4.78 is 5.21. The highest BCUT2D eigenvalue weighted by Crippen LogP contribution is 2.20. The second kappa shape index (κ2) is 7.68. The second-order valence-corrected chi connectivity index (χ2v) is 7.24. The zero-order chi connectivity index (χ0) is 18.8. The molecule has 6 heteroatoms. The first-order chi connectivity index (χ1) is 12.4. The van der Waals surface area contributed by atoms with Crippen LogP contribution in [0.4, 0.5) is 0 Å². The molecule has 2 atom stereocenters. The fourth-order valence-electron chi connectivity index (χ4n) is 3.71. The van der Waals surface area contributed by atoms with Gasteiger partial charge >= 0.3 is 0 Å². The highest BCUT2D eigenvalue weighted by molar-refractivity contribution is 5.97. The summed E-state index contributed by atoms with van der Waals surface area (Å²) in [5, 5.41) is 0. The Labute approximate surface area is 155 Å². The number of nitrogens with zero attached hydrogens (tertiary/aromatic N) is 4. The minimum Gasteiger partial charge on any atom is -0.383 e. The van der Waals surface area contributed by atoms with Crippen molar-refractivity contribution in [3.8, 4) is 0 Å². The van der Waals surface area contributed by atoms with E-state index in [2.05, 4.69) is 28.7 Å². The van der Waals surface area contributed by atoms with Crippen LogP contribution in [0, 0.1) is 13.8 Å². The molecular weight excluding hydrogens is 328 g/mol. The molecular formula is C20H28N4O2. The van der Waals surface area contributed by atoms with Crippen molar-refractivity contribution < 1.29 is 9.53 Å². The van der Waals surface area contributed by atoms with Crippen molar-refractivity contribution in [2.75, 3.05) is 33.4 Å². The van der Waals surface area contributed by atoms with Crippen molar-refractivity contribution in [1.29, 1.82) is 0 Å². The van der Waals surface area contributed by atoms with Gasteiger partial charge in [-0.3, -0.25) is 9.69 Å². The topological polar surface area (TPSA) is 58.6 Å². The third-order valence-corrected chi connectivity index (χ3v) is 5.26. The van der Waals surface area contributed by atoms with Gasteiger partial charge in [-0.1, -0.05) is 0 Å². The number of carbonyl (C=O) groups excluding carboxylic acids is 1. The van der Waals surface area contributed by atoms with E-state index in [1.54, 1.807) is 7.11 Å². The number of ether oxygens (including phenoxy) is 1. The molecule has 1 aromatic carbocycles. The third-order valence-electron chi connectivity index (χ3n) is 5.26. The lowest BCUT2D eigenvalue weighted by atomic mass is 10.1. The van der Waals surface area contributed by atoms with E-state index in [1.165, 1.54) is 0 Å². The molecule has 2 heterocycles. The highest BCUT2D eigenvalue weighted by Gasteiger charge is 2.31. The lowest BCUT2D eigenvalue weighted by Crippen LogP contribution is -2.58. The van der Waals surface area contributed by atoms with Crippen molar-refractivity contribution in [1.82, 2.24) is 19.8 Å². The van der Waals surface area contributed by atoms with E-state index in [-0.39, 0.29) is 5.91 Å². The lowest BCUT2D eigenvalue weighted by Gasteiger charge is -2.44. The monoisotopic (exact) mass is 356 g/mol. The molecule has 0 bridgehead atoms. The van der Waals surface area contributed by atoms with Crippen molar-refractivity contribution in [2.24, 2.45) is 0 Å². The van der Waals surface area contributed by atoms with E-state index in [4.69, 9.17) is 4.74 Å². The average Bonchev–Trinajstić information content (AvgIpc) is 2.61. The number of hydrogen-bond donors (Lipinski definition) is 0. The molecule has 26 heavy (non-hydrogen) atoms. The van der Waals surface area contributed by atoms with Gasteiger partial charge in [0.2, 0.25) is 0 Å². The predicted molar refractivity (Wildman–Crippen MR) is 102 cm³/mol. The van der Waals surface area contributed by atoms with Crippen molar-refractivity contribution in [2.45, 2.75) is 39.8 Å². The Morgan fingerprint density at radius 2 is 1.73 bits per heavy atom. The molecule has 6 nitrogen and oxygen atoms in total. The fraction of sp³-hybridized carbons (Fsp3) is 0.550. The summed E-state index contributed by atoms with van der Waals surface area (Å²) in [7, 11) is 1.72. The van der Waals surface area contributed by atoms with Crippen LogP contribution in [0.25, 0.3) is 11.0 Å². The van der Waals surface area contributed by atoms with Crippen LogP contribution in [0.1, 0.15) is 35.6 Å². The van der Waals surface area contributed by atoms with Crippen LogP contribution in [-0.4, -0.2) is 71.1 Å². The van der Waals surface area contributed by atoms with Crippen molar-refractivity contribution in [3.63, 3.8) is 0 Å². The van der Waals surface area contributed by atoms with E-state index in [9.17, 15) is 4.79 Å². The van der Waals surface area contributed by atoms with E-state index < -0.39 is 0 Å². The van der Waals surface area contributed by atoms with Gasteiger partial charge in [0, 0.05) is 44.4 Å². The predicted octanol–water partition coefficient (Wildman–Crippen LogP) is 2.43. The Morgan fingerprint density at radius 3 is 2.35 bits per heavy atom. The number of aromatic nitrogens is 2. The largest absolute Gasteiger partial charge is 0.383 e. The molecule has 0 radical (unpaired) electrons. The van der Waals surface area contributed by atoms with Crippen LogP contribution in [0.3, 0.4) is 0 Å². The normalized spacial score (nSPS) is 21.3. The molecule has 0 aliphatic carbocycles. The van der Waals surface area contributed by atoms with Gasteiger partial charge in [0.1, 0.15) is 0 Å². The molecule has 1 aromatic heterocycles. The first-order valence-electron chi connectivity index (χ1n) is 9.19. The van der Waals surface area contributed by atoms with E-state index in [0.717, 1.165) is 42.1 Å². The van der Waals surface area contributed by atoms with Crippen molar-refractivity contribution in [3.05, 3.63) is 35.2 Å². The van der Waals surface area contributed by atoms with Gasteiger partial charge in [-0.25, -0.2) is 9.97 Å². The quantitative estimate of drug-likeness (QED) is 0.842. The Balaban J connectivity index is 1.79. The Hall–Kier alpha value is -2.05. The first-order valence-corrected chi connectivity index (χ1v) is 9.19. The molecule has 1 saturated heterocycles. The minimum atomic E-state index is 0.0667. The van der Waals surface area contributed by atoms with Crippen LogP contribution >= 0.6 is 0 Å². The van der Waals surface area contributed by atoms with Gasteiger partial charge in [-0.15, -0.1) is 0 Å². The number of piperazine rings is 1. The summed E-state index contributed by atoms with van der Waals surface area (Å²) >= 11 is 0. The van der Waals surface area contributed by atoms with Gasteiger partial charge in [0.25, 0.3) is 5.91 Å². The number of carbonyl (C=O) groups is 1. The number of methoxy groups -OCH3 is 1. The molecule has 1 aliphatic rings. The molecule has 1 fully saturated rings. The van der Waals surface area contributed by atoms with Crippen LogP contribution < -0.4 is 0 Å². The Kier molecular flexibility index (Phi) is 5.53. The van der Waals surface area contributed by atoms with Crippen LogP contribution in [-0.2, 0) is 4.74 Å². The maximum Gasteiger partial charge on any atom is 0.254 e. The fourth-order valence-corrected chi connectivity index (χ4v) is 3.71. The minimum absolute atomic E-state index is 0.0667. The second-order valence-electron chi connectivity index (χ2n) is 7.24. The highest BCUT2D eigenvalue weighted by atomic mass is 16.5. The number of fused-ring (bicyclic) bond motifs is 1. The van der Waals surface area contributed by atoms with Crippen LogP contribution in [0.15, 0.2) is 18.2 Å². The maximum atomic E-state index is 13.0. The van der Waals surface area contributed by atoms with Gasteiger partial charge in [-0.2, -0.15) is 0 Å². The molecule has 140 valence electrons. The van der Waals surface area contributed by atoms with Gasteiger partial charge in [0.15, 0.2) is 0 Å². The SMILES string of the molecule is COCCN1C(C)CN(C(=O)c2ccc3nc(C)c(C)nc3c2)CC1C. The molecule has 1 aliphatic heterocycles. The van der Waals surface area contributed by atoms with E-state index in [1.807, 2.05) is 36.9 Å². The van der Waals surface area contributed by atoms with Gasteiger partial charge in [0.05, 0.1) is 29.0 Å². The summed E-state index contributed by atoms with van der Waals surface area (Å²) in [6, 6.07) is 6.24. The van der Waals surface area contributed by atoms with Crippen LogP contribution in [0.2, 0.25) is 0 Å². The summed E-state index contributed by atoms with van der Waals surface area (Å²) in [5.41, 5.74) is 4.11. The maximum absolute atomic E-state index is 13.0. The zero-order valence-corrected chi connectivity index (χ0v) is 16.3. The molecule has 2 aromatic rings. The summed E-state index contributed by atoms with van der Waals surface area (Å²) in [4.78, 5) is 26.5. The van der Waals surface area contributed by atoms with Gasteiger partial charge in [-0.05, 0) is 45.9 Å². The third kappa shape index (κ3) is 3.71. The average molecular weight is 356 g/mol. The molecule has 0 spiro atoms. The van der Waals surface area contributed by atoms with E-state index >= 15 is 0 Å². The Bertz CT molecular complexity index is 796. The van der Waals surface area contributed by atoms with Gasteiger partial charge < -0.3 is 9.64 Å². The van der Waals surface area contributed by atoms with Crippen LogP contribution in [0.5, 0.6) is 0 Å².